The van der Waals surface area contributed by atoms with Gasteiger partial charge in [-0.15, -0.1) is 0 Å². The molecule has 1 aromatic carbocycles. The van der Waals surface area contributed by atoms with Crippen molar-refractivity contribution in [2.75, 3.05) is 33.0 Å². The molecule has 3 aliphatic heterocycles. The normalized spacial score (nSPS) is 17.2. The van der Waals surface area contributed by atoms with Gasteiger partial charge in [0.2, 0.25) is 6.79 Å². The van der Waals surface area contributed by atoms with Gasteiger partial charge in [-0.3, -0.25) is 14.6 Å². The Kier molecular flexibility index (Phi) is 6.19. The molecule has 0 atom stereocenters. The minimum Gasteiger partial charge on any atom is -0.454 e. The first-order valence-corrected chi connectivity index (χ1v) is 12.7. The minimum atomic E-state index is -0.0459. The predicted molar refractivity (Wildman–Crippen MR) is 135 cm³/mol. The second-order valence-electron chi connectivity index (χ2n) is 9.67. The van der Waals surface area contributed by atoms with Gasteiger partial charge in [0.15, 0.2) is 11.5 Å². The first-order valence-electron chi connectivity index (χ1n) is 12.7. The molecule has 0 spiro atoms. The molecular weight excluding hydrogens is 456 g/mol. The molecule has 0 unspecified atom stereocenters. The van der Waals surface area contributed by atoms with Crippen molar-refractivity contribution in [3.8, 4) is 22.6 Å². The quantitative estimate of drug-likeness (QED) is 0.551. The fourth-order valence-electron chi connectivity index (χ4n) is 5.50. The number of ether oxygens (including phenoxy) is 2. The van der Waals surface area contributed by atoms with Crippen LogP contribution in [0.2, 0.25) is 0 Å². The van der Waals surface area contributed by atoms with Gasteiger partial charge in [-0.2, -0.15) is 0 Å². The Morgan fingerprint density at radius 2 is 1.72 bits per heavy atom. The highest BCUT2D eigenvalue weighted by molar-refractivity contribution is 5.95. The van der Waals surface area contributed by atoms with Crippen LogP contribution in [0.1, 0.15) is 40.9 Å². The Morgan fingerprint density at radius 1 is 0.917 bits per heavy atom. The molecule has 1 amide bonds. The van der Waals surface area contributed by atoms with Crippen LogP contribution in [0, 0.1) is 0 Å². The number of amides is 1. The minimum absolute atomic E-state index is 0.0347. The standard InChI is InChI=1S/C28H30N4O4/c33-27(21-4-5-25-26(17-21)36-19-35-25)31-13-8-24-22(18-31)16-23(20-6-9-29-10-7-20)28(34)32(24)15-14-30-11-2-1-3-12-30/h4-7,9-10,16-17H,1-3,8,11-15,18-19H2. The maximum atomic E-state index is 13.7. The number of carbonyl (C=O) groups excluding carboxylic acids is 1. The van der Waals surface area contributed by atoms with Gasteiger partial charge < -0.3 is 23.8 Å². The smallest absolute Gasteiger partial charge is 0.258 e. The van der Waals surface area contributed by atoms with Crippen LogP contribution in [0.25, 0.3) is 11.1 Å². The lowest BCUT2D eigenvalue weighted by Gasteiger charge is -2.32. The summed E-state index contributed by atoms with van der Waals surface area (Å²) < 4.78 is 12.8. The van der Waals surface area contributed by atoms with E-state index in [0.29, 0.717) is 48.7 Å². The van der Waals surface area contributed by atoms with Crippen LogP contribution in [-0.4, -0.2) is 58.2 Å². The summed E-state index contributed by atoms with van der Waals surface area (Å²) >= 11 is 0. The van der Waals surface area contributed by atoms with Crippen molar-refractivity contribution in [1.82, 2.24) is 19.4 Å². The van der Waals surface area contributed by atoms with Crippen LogP contribution in [0.3, 0.4) is 0 Å². The zero-order valence-corrected chi connectivity index (χ0v) is 20.3. The molecule has 3 aromatic rings. The summed E-state index contributed by atoms with van der Waals surface area (Å²) in [7, 11) is 0. The van der Waals surface area contributed by atoms with Crippen molar-refractivity contribution < 1.29 is 14.3 Å². The summed E-state index contributed by atoms with van der Waals surface area (Å²) in [5.41, 5.74) is 4.20. The van der Waals surface area contributed by atoms with Crippen LogP contribution < -0.4 is 15.0 Å². The van der Waals surface area contributed by atoms with Crippen molar-refractivity contribution in [2.45, 2.75) is 38.8 Å². The Hall–Kier alpha value is -3.65. The zero-order chi connectivity index (χ0) is 24.5. The van der Waals surface area contributed by atoms with E-state index in [2.05, 4.69) is 9.88 Å². The lowest BCUT2D eigenvalue weighted by atomic mass is 9.99. The third kappa shape index (κ3) is 4.37. The molecule has 2 aromatic heterocycles. The molecule has 8 nitrogen and oxygen atoms in total. The SMILES string of the molecule is O=C(c1ccc2c(c1)OCO2)N1CCc2c(cc(-c3ccncc3)c(=O)n2CCN2CCCCC2)C1. The van der Waals surface area contributed by atoms with E-state index in [9.17, 15) is 9.59 Å². The van der Waals surface area contributed by atoms with E-state index < -0.39 is 0 Å². The van der Waals surface area contributed by atoms with Crippen molar-refractivity contribution in [1.29, 1.82) is 0 Å². The molecule has 1 fully saturated rings. The lowest BCUT2D eigenvalue weighted by molar-refractivity contribution is 0.0731. The van der Waals surface area contributed by atoms with Crippen molar-refractivity contribution in [2.24, 2.45) is 0 Å². The van der Waals surface area contributed by atoms with Crippen LogP contribution in [0.15, 0.2) is 53.6 Å². The number of piperidine rings is 1. The highest BCUT2D eigenvalue weighted by Crippen LogP contribution is 2.33. The van der Waals surface area contributed by atoms with Gasteiger partial charge in [0.1, 0.15) is 0 Å². The van der Waals surface area contributed by atoms with E-state index in [1.807, 2.05) is 27.7 Å². The van der Waals surface area contributed by atoms with Gasteiger partial charge in [0.05, 0.1) is 0 Å². The average Bonchev–Trinajstić information content (AvgIpc) is 3.41. The first-order chi connectivity index (χ1) is 17.7. The fourth-order valence-corrected chi connectivity index (χ4v) is 5.50. The number of aromatic nitrogens is 2. The summed E-state index contributed by atoms with van der Waals surface area (Å²) in [4.78, 5) is 35.5. The molecule has 5 heterocycles. The third-order valence-corrected chi connectivity index (χ3v) is 7.46. The number of fused-ring (bicyclic) bond motifs is 2. The Labute approximate surface area is 210 Å². The largest absolute Gasteiger partial charge is 0.454 e. The molecule has 0 aliphatic carbocycles. The molecule has 0 saturated carbocycles. The van der Waals surface area contributed by atoms with Gasteiger partial charge in [-0.25, -0.2) is 0 Å². The maximum absolute atomic E-state index is 13.7. The molecule has 1 saturated heterocycles. The van der Waals surface area contributed by atoms with Crippen LogP contribution in [0.5, 0.6) is 11.5 Å². The highest BCUT2D eigenvalue weighted by atomic mass is 16.7. The number of hydrogen-bond acceptors (Lipinski definition) is 6. The van der Waals surface area contributed by atoms with Crippen LogP contribution in [-0.2, 0) is 19.5 Å². The van der Waals surface area contributed by atoms with Gasteiger partial charge in [0, 0.05) is 61.8 Å². The topological polar surface area (TPSA) is 76.9 Å². The number of rotatable bonds is 5. The Bertz CT molecular complexity index is 1330. The molecular formula is C28H30N4O4. The number of pyridine rings is 2. The fraction of sp³-hybridized carbons (Fsp3) is 0.393. The summed E-state index contributed by atoms with van der Waals surface area (Å²) in [6, 6.07) is 11.0. The van der Waals surface area contributed by atoms with E-state index in [0.717, 1.165) is 36.5 Å². The van der Waals surface area contributed by atoms with E-state index in [1.54, 1.807) is 30.6 Å². The zero-order valence-electron chi connectivity index (χ0n) is 20.3. The average molecular weight is 487 g/mol. The van der Waals surface area contributed by atoms with Gasteiger partial charge in [0.25, 0.3) is 11.5 Å². The van der Waals surface area contributed by atoms with Crippen LogP contribution >= 0.6 is 0 Å². The van der Waals surface area contributed by atoms with E-state index in [-0.39, 0.29) is 18.3 Å². The maximum Gasteiger partial charge on any atom is 0.258 e. The van der Waals surface area contributed by atoms with Crippen LogP contribution in [0.4, 0.5) is 0 Å². The summed E-state index contributed by atoms with van der Waals surface area (Å²) in [6.45, 7) is 4.93. The number of carbonyl (C=O) groups is 1. The Balaban J connectivity index is 1.32. The summed E-state index contributed by atoms with van der Waals surface area (Å²) in [6.07, 6.45) is 7.81. The number of hydrogen-bond donors (Lipinski definition) is 0. The third-order valence-electron chi connectivity index (χ3n) is 7.46. The van der Waals surface area contributed by atoms with Gasteiger partial charge >= 0.3 is 0 Å². The summed E-state index contributed by atoms with van der Waals surface area (Å²) in [5.74, 6) is 1.22. The number of likely N-dealkylation sites (tertiary alicyclic amines) is 1. The van der Waals surface area contributed by atoms with E-state index >= 15 is 0 Å². The second-order valence-corrected chi connectivity index (χ2v) is 9.67. The molecule has 186 valence electrons. The first kappa shape index (κ1) is 22.8. The van der Waals surface area contributed by atoms with Crippen molar-refractivity contribution in [3.63, 3.8) is 0 Å². The molecule has 6 rings (SSSR count). The van der Waals surface area contributed by atoms with Crippen molar-refractivity contribution in [3.05, 3.63) is 76.0 Å². The van der Waals surface area contributed by atoms with Gasteiger partial charge in [-0.05, 0) is 73.5 Å². The second kappa shape index (κ2) is 9.78. The predicted octanol–water partition coefficient (Wildman–Crippen LogP) is 3.32. The number of nitrogens with zero attached hydrogens (tertiary/aromatic N) is 4. The highest BCUT2D eigenvalue weighted by Gasteiger charge is 2.27. The number of benzene rings is 1. The molecule has 8 heteroatoms. The van der Waals surface area contributed by atoms with E-state index in [4.69, 9.17) is 9.47 Å². The molecule has 3 aliphatic rings. The lowest BCUT2D eigenvalue weighted by Crippen LogP contribution is -2.41. The van der Waals surface area contributed by atoms with E-state index in [1.165, 1.54) is 19.3 Å². The van der Waals surface area contributed by atoms with Crippen molar-refractivity contribution >= 4 is 5.91 Å². The van der Waals surface area contributed by atoms with Gasteiger partial charge in [-0.1, -0.05) is 6.42 Å². The molecule has 0 radical (unpaired) electrons. The molecule has 36 heavy (non-hydrogen) atoms. The molecule has 0 bridgehead atoms. The summed E-state index contributed by atoms with van der Waals surface area (Å²) in [5, 5.41) is 0. The monoisotopic (exact) mass is 486 g/mol. The molecule has 0 N–H and O–H groups in total. The Morgan fingerprint density at radius 3 is 2.56 bits per heavy atom.